The number of rotatable bonds is 5. The molecule has 0 aliphatic carbocycles. The van der Waals surface area contributed by atoms with Gasteiger partial charge in [-0.3, -0.25) is 4.79 Å². The van der Waals surface area contributed by atoms with Crippen molar-refractivity contribution in [3.8, 4) is 0 Å². The highest BCUT2D eigenvalue weighted by Gasteiger charge is 2.30. The number of guanidine groups is 1. The van der Waals surface area contributed by atoms with Crippen molar-refractivity contribution in [1.82, 2.24) is 25.0 Å². The van der Waals surface area contributed by atoms with Crippen molar-refractivity contribution in [1.29, 1.82) is 0 Å². The molecule has 1 atom stereocenters. The van der Waals surface area contributed by atoms with Gasteiger partial charge >= 0.3 is 0 Å². The van der Waals surface area contributed by atoms with Crippen LogP contribution in [-0.2, 0) is 16.1 Å². The fourth-order valence-electron chi connectivity index (χ4n) is 4.44. The summed E-state index contributed by atoms with van der Waals surface area (Å²) >= 11 is 0. The minimum absolute atomic E-state index is 0.149. The smallest absolute Gasteiger partial charge is 0.251 e. The third-order valence-corrected chi connectivity index (χ3v) is 6.48. The Morgan fingerprint density at radius 3 is 2.50 bits per heavy atom. The molecule has 1 amide bonds. The van der Waals surface area contributed by atoms with Crippen LogP contribution in [0.5, 0.6) is 0 Å². The van der Waals surface area contributed by atoms with Crippen LogP contribution < -0.4 is 10.2 Å². The van der Waals surface area contributed by atoms with E-state index in [0.29, 0.717) is 26.2 Å². The van der Waals surface area contributed by atoms with Crippen molar-refractivity contribution < 1.29 is 9.53 Å². The molecule has 3 saturated heterocycles. The van der Waals surface area contributed by atoms with E-state index in [4.69, 9.17) is 9.73 Å². The molecule has 1 aromatic rings. The Balaban J connectivity index is 1.30. The number of pyridine rings is 1. The van der Waals surface area contributed by atoms with Crippen molar-refractivity contribution >= 4 is 17.7 Å². The Morgan fingerprint density at radius 1 is 1.12 bits per heavy atom. The molecule has 9 heteroatoms. The molecule has 3 fully saturated rings. The maximum atomic E-state index is 12.6. The highest BCUT2D eigenvalue weighted by molar-refractivity contribution is 5.82. The van der Waals surface area contributed by atoms with Gasteiger partial charge in [-0.25, -0.2) is 9.98 Å². The second-order valence-corrected chi connectivity index (χ2v) is 8.80. The first-order valence-electron chi connectivity index (χ1n) is 12.0. The Morgan fingerprint density at radius 2 is 1.88 bits per heavy atom. The number of hydrogen-bond donors (Lipinski definition) is 1. The van der Waals surface area contributed by atoms with Gasteiger partial charge in [0, 0.05) is 71.7 Å². The van der Waals surface area contributed by atoms with Crippen molar-refractivity contribution in [3.63, 3.8) is 0 Å². The minimum atomic E-state index is -0.232. The first-order chi connectivity index (χ1) is 15.6. The average molecular weight is 444 g/mol. The summed E-state index contributed by atoms with van der Waals surface area (Å²) in [5.74, 6) is 2.10. The monoisotopic (exact) mass is 443 g/mol. The number of aromatic nitrogens is 1. The third kappa shape index (κ3) is 5.69. The fraction of sp³-hybridized carbons (Fsp3) is 0.696. The van der Waals surface area contributed by atoms with Gasteiger partial charge in [0.25, 0.3) is 5.91 Å². The number of likely N-dealkylation sites (N-methyl/N-ethyl adjacent to an activating group) is 1. The van der Waals surface area contributed by atoms with Crippen LogP contribution in [0.1, 0.15) is 25.3 Å². The molecule has 0 bridgehead atoms. The average Bonchev–Trinajstić information content (AvgIpc) is 3.37. The SMILES string of the molecule is CCNC(=NCc1ccc(N2CCN(C)CC2)nc1)N1CCN(C(=O)C2CCCO2)CC1. The van der Waals surface area contributed by atoms with Gasteiger partial charge in [0.15, 0.2) is 5.96 Å². The van der Waals surface area contributed by atoms with Crippen molar-refractivity contribution in [2.45, 2.75) is 32.4 Å². The molecule has 1 N–H and O–H groups in total. The molecule has 32 heavy (non-hydrogen) atoms. The molecule has 1 aromatic heterocycles. The summed E-state index contributed by atoms with van der Waals surface area (Å²) in [5.41, 5.74) is 1.10. The zero-order valence-corrected chi connectivity index (χ0v) is 19.5. The first-order valence-corrected chi connectivity index (χ1v) is 12.0. The number of nitrogens with one attached hydrogen (secondary N) is 1. The van der Waals surface area contributed by atoms with Crippen LogP contribution in [0, 0.1) is 0 Å². The number of piperazine rings is 2. The van der Waals surface area contributed by atoms with Crippen molar-refractivity contribution in [2.75, 3.05) is 77.5 Å². The molecular formula is C23H37N7O2. The molecule has 3 aliphatic rings. The summed E-state index contributed by atoms with van der Waals surface area (Å²) in [6.45, 7) is 11.4. The van der Waals surface area contributed by atoms with Gasteiger partial charge in [0.05, 0.1) is 6.54 Å². The lowest BCUT2D eigenvalue weighted by Gasteiger charge is -2.37. The van der Waals surface area contributed by atoms with Crippen LogP contribution in [0.4, 0.5) is 5.82 Å². The molecular weight excluding hydrogens is 406 g/mol. The van der Waals surface area contributed by atoms with Crippen LogP contribution in [0.2, 0.25) is 0 Å². The van der Waals surface area contributed by atoms with Gasteiger partial charge < -0.3 is 29.7 Å². The van der Waals surface area contributed by atoms with Gasteiger partial charge in [0.2, 0.25) is 0 Å². The lowest BCUT2D eigenvalue weighted by atomic mass is 10.2. The predicted octanol–water partition coefficient (Wildman–Crippen LogP) is 0.622. The molecule has 176 valence electrons. The van der Waals surface area contributed by atoms with E-state index in [1.807, 2.05) is 11.1 Å². The highest BCUT2D eigenvalue weighted by Crippen LogP contribution is 2.17. The summed E-state index contributed by atoms with van der Waals surface area (Å²) in [6, 6.07) is 4.24. The molecule has 9 nitrogen and oxygen atoms in total. The molecule has 0 radical (unpaired) electrons. The predicted molar refractivity (Wildman–Crippen MR) is 126 cm³/mol. The second kappa shape index (κ2) is 11.0. The number of carbonyl (C=O) groups is 1. The molecule has 3 aliphatic heterocycles. The number of hydrogen-bond acceptors (Lipinski definition) is 6. The van der Waals surface area contributed by atoms with Crippen LogP contribution in [0.3, 0.4) is 0 Å². The summed E-state index contributed by atoms with van der Waals surface area (Å²) in [7, 11) is 2.16. The summed E-state index contributed by atoms with van der Waals surface area (Å²) in [5, 5.41) is 3.40. The maximum Gasteiger partial charge on any atom is 0.251 e. The summed E-state index contributed by atoms with van der Waals surface area (Å²) in [6.07, 6.45) is 3.55. The molecule has 4 rings (SSSR count). The normalized spacial score (nSPS) is 23.0. The van der Waals surface area contributed by atoms with Gasteiger partial charge in [-0.1, -0.05) is 6.07 Å². The number of aliphatic imine (C=N–C) groups is 1. The van der Waals surface area contributed by atoms with E-state index in [2.05, 4.69) is 51.1 Å². The van der Waals surface area contributed by atoms with E-state index in [0.717, 1.165) is 76.0 Å². The topological polar surface area (TPSA) is 76.5 Å². The molecule has 1 unspecified atom stereocenters. The van der Waals surface area contributed by atoms with E-state index in [-0.39, 0.29) is 12.0 Å². The van der Waals surface area contributed by atoms with E-state index in [9.17, 15) is 4.79 Å². The Labute approximate surface area is 191 Å². The maximum absolute atomic E-state index is 12.6. The van der Waals surface area contributed by atoms with E-state index < -0.39 is 0 Å². The van der Waals surface area contributed by atoms with Crippen LogP contribution >= 0.6 is 0 Å². The van der Waals surface area contributed by atoms with Crippen LogP contribution in [0.25, 0.3) is 0 Å². The fourth-order valence-corrected chi connectivity index (χ4v) is 4.44. The Hall–Kier alpha value is -2.39. The lowest BCUT2D eigenvalue weighted by molar-refractivity contribution is -0.142. The second-order valence-electron chi connectivity index (χ2n) is 8.80. The Bertz CT molecular complexity index is 763. The summed E-state index contributed by atoms with van der Waals surface area (Å²) < 4.78 is 5.57. The quantitative estimate of drug-likeness (QED) is 0.528. The van der Waals surface area contributed by atoms with Gasteiger partial charge in [0.1, 0.15) is 11.9 Å². The summed E-state index contributed by atoms with van der Waals surface area (Å²) in [4.78, 5) is 31.0. The number of ether oxygens (including phenoxy) is 1. The molecule has 0 saturated carbocycles. The van der Waals surface area contributed by atoms with Crippen molar-refractivity contribution in [2.24, 2.45) is 4.99 Å². The minimum Gasteiger partial charge on any atom is -0.368 e. The van der Waals surface area contributed by atoms with E-state index in [1.165, 1.54) is 0 Å². The zero-order valence-electron chi connectivity index (χ0n) is 19.5. The standard InChI is InChI=1S/C23H37N7O2/c1-3-24-23(30-14-12-29(13-15-30)22(31)20-5-4-16-32-20)26-18-19-6-7-21(25-17-19)28-10-8-27(2)9-11-28/h6-7,17,20H,3-5,8-16,18H2,1-2H3,(H,24,26). The molecule has 0 spiro atoms. The largest absolute Gasteiger partial charge is 0.368 e. The first kappa shape index (κ1) is 22.8. The Kier molecular flexibility index (Phi) is 7.81. The van der Waals surface area contributed by atoms with Gasteiger partial charge in [-0.2, -0.15) is 0 Å². The zero-order chi connectivity index (χ0) is 22.3. The highest BCUT2D eigenvalue weighted by atomic mass is 16.5. The number of amides is 1. The molecule has 4 heterocycles. The van der Waals surface area contributed by atoms with Crippen molar-refractivity contribution in [3.05, 3.63) is 23.9 Å². The third-order valence-electron chi connectivity index (χ3n) is 6.48. The van der Waals surface area contributed by atoms with Gasteiger partial charge in [-0.05, 0) is 38.4 Å². The van der Waals surface area contributed by atoms with E-state index in [1.54, 1.807) is 0 Å². The lowest BCUT2D eigenvalue weighted by Crippen LogP contribution is -2.55. The van der Waals surface area contributed by atoms with Gasteiger partial charge in [-0.15, -0.1) is 0 Å². The number of anilines is 1. The van der Waals surface area contributed by atoms with Crippen LogP contribution in [0.15, 0.2) is 23.3 Å². The van der Waals surface area contributed by atoms with Crippen LogP contribution in [-0.4, -0.2) is 110 Å². The molecule has 0 aromatic carbocycles. The van der Waals surface area contributed by atoms with E-state index >= 15 is 0 Å². The number of carbonyl (C=O) groups excluding carboxylic acids is 1. The number of nitrogens with zero attached hydrogens (tertiary/aromatic N) is 6.